The Morgan fingerprint density at radius 1 is 0.800 bits per heavy atom. The fraction of sp³-hybridized carbons (Fsp3) is 1.00. The highest BCUT2D eigenvalue weighted by atomic mass is 14.7. The van der Waals surface area contributed by atoms with Crippen LogP contribution < -0.4 is 0 Å². The van der Waals surface area contributed by atoms with E-state index in [1.165, 1.54) is 0 Å². The Morgan fingerprint density at radius 2 is 1.13 bits per heavy atom. The average Bonchev–Trinajstić information content (AvgIpc) is 2.12. The minimum atomic E-state index is 0.379. The summed E-state index contributed by atoms with van der Waals surface area (Å²) in [6, 6.07) is 0. The Hall–Kier alpha value is 0. The summed E-state index contributed by atoms with van der Waals surface area (Å²) in [5, 5.41) is 0. The highest BCUT2D eigenvalue weighted by Gasteiger charge is 2.62. The molecule has 90 valence electrons. The summed E-state index contributed by atoms with van der Waals surface area (Å²) in [5.41, 5.74) is 1.26. The lowest BCUT2D eigenvalue weighted by Gasteiger charge is -2.68. The number of rotatable bonds is 1. The molecule has 1 fully saturated rings. The van der Waals surface area contributed by atoms with E-state index < -0.39 is 0 Å². The van der Waals surface area contributed by atoms with E-state index in [0.717, 1.165) is 17.8 Å². The van der Waals surface area contributed by atoms with Crippen molar-refractivity contribution in [1.82, 2.24) is 0 Å². The molecule has 0 spiro atoms. The zero-order chi connectivity index (χ0) is 12.2. The van der Waals surface area contributed by atoms with Gasteiger partial charge in [0.25, 0.3) is 0 Å². The first-order valence-corrected chi connectivity index (χ1v) is 6.48. The minimum absolute atomic E-state index is 0.379. The Morgan fingerprint density at radius 3 is 1.40 bits per heavy atom. The van der Waals surface area contributed by atoms with Gasteiger partial charge in [0.2, 0.25) is 0 Å². The van der Waals surface area contributed by atoms with Crippen molar-refractivity contribution in [3.63, 3.8) is 0 Å². The van der Waals surface area contributed by atoms with Gasteiger partial charge in [-0.05, 0) is 34.0 Å². The van der Waals surface area contributed by atoms with Gasteiger partial charge < -0.3 is 0 Å². The second-order valence-electron chi connectivity index (χ2n) is 7.59. The van der Waals surface area contributed by atoms with Gasteiger partial charge >= 0.3 is 0 Å². The van der Waals surface area contributed by atoms with Gasteiger partial charge in [-0.2, -0.15) is 0 Å². The lowest BCUT2D eigenvalue weighted by molar-refractivity contribution is -0.197. The standard InChI is InChI=1S/C15H30/c1-10-11(2)15(9,12(10)3)14(7,8)13(4,5)6/h10-12H,1-9H3. The summed E-state index contributed by atoms with van der Waals surface area (Å²) in [7, 11) is 0. The average molecular weight is 210 g/mol. The molecule has 0 N–H and O–H groups in total. The maximum Gasteiger partial charge on any atom is -0.0213 e. The highest BCUT2D eigenvalue weighted by Crippen LogP contribution is 2.68. The molecule has 0 bridgehead atoms. The van der Waals surface area contributed by atoms with Gasteiger partial charge in [0.1, 0.15) is 0 Å². The van der Waals surface area contributed by atoms with E-state index in [9.17, 15) is 0 Å². The molecule has 1 aliphatic carbocycles. The number of hydrogen-bond acceptors (Lipinski definition) is 0. The third-order valence-corrected chi connectivity index (χ3v) is 6.69. The molecule has 1 aliphatic rings. The molecular weight excluding hydrogens is 180 g/mol. The molecule has 2 unspecified atom stereocenters. The van der Waals surface area contributed by atoms with Crippen LogP contribution in [0.5, 0.6) is 0 Å². The third kappa shape index (κ3) is 1.40. The maximum absolute atomic E-state index is 2.51. The largest absolute Gasteiger partial charge is 0.0620 e. The third-order valence-electron chi connectivity index (χ3n) is 6.69. The summed E-state index contributed by atoms with van der Waals surface area (Å²) in [4.78, 5) is 0. The molecule has 0 nitrogen and oxygen atoms in total. The van der Waals surface area contributed by atoms with Crippen molar-refractivity contribution in [3.05, 3.63) is 0 Å². The second-order valence-corrected chi connectivity index (χ2v) is 7.59. The summed E-state index contributed by atoms with van der Waals surface area (Å²) in [5.74, 6) is 2.58. The topological polar surface area (TPSA) is 0 Å². The van der Waals surface area contributed by atoms with Crippen molar-refractivity contribution in [2.75, 3.05) is 0 Å². The van der Waals surface area contributed by atoms with Gasteiger partial charge in [0, 0.05) is 0 Å². The molecule has 0 heterocycles. The van der Waals surface area contributed by atoms with Gasteiger partial charge in [-0.3, -0.25) is 0 Å². The lowest BCUT2D eigenvalue weighted by atomic mass is 9.37. The van der Waals surface area contributed by atoms with Crippen LogP contribution in [0, 0.1) is 34.0 Å². The van der Waals surface area contributed by atoms with Gasteiger partial charge in [-0.1, -0.05) is 62.3 Å². The molecule has 0 aromatic heterocycles. The van der Waals surface area contributed by atoms with E-state index >= 15 is 0 Å². The molecule has 0 saturated heterocycles. The quantitative estimate of drug-likeness (QED) is 0.572. The second kappa shape index (κ2) is 3.25. The van der Waals surface area contributed by atoms with Crippen molar-refractivity contribution < 1.29 is 0 Å². The molecule has 0 heteroatoms. The molecule has 0 radical (unpaired) electrons. The van der Waals surface area contributed by atoms with E-state index in [-0.39, 0.29) is 0 Å². The predicted molar refractivity (Wildman–Crippen MR) is 68.8 cm³/mol. The zero-order valence-electron chi connectivity index (χ0n) is 12.2. The van der Waals surface area contributed by atoms with Crippen LogP contribution >= 0.6 is 0 Å². The van der Waals surface area contributed by atoms with Crippen molar-refractivity contribution in [3.8, 4) is 0 Å². The van der Waals surface area contributed by atoms with Crippen LogP contribution in [-0.4, -0.2) is 0 Å². The van der Waals surface area contributed by atoms with Crippen molar-refractivity contribution in [1.29, 1.82) is 0 Å². The first kappa shape index (κ1) is 13.1. The maximum atomic E-state index is 2.51. The van der Waals surface area contributed by atoms with Crippen LogP contribution in [0.15, 0.2) is 0 Å². The minimum Gasteiger partial charge on any atom is -0.0620 e. The van der Waals surface area contributed by atoms with E-state index in [4.69, 9.17) is 0 Å². The van der Waals surface area contributed by atoms with E-state index in [1.807, 2.05) is 0 Å². The summed E-state index contributed by atoms with van der Waals surface area (Å²) in [6.07, 6.45) is 0. The van der Waals surface area contributed by atoms with Crippen LogP contribution in [-0.2, 0) is 0 Å². The van der Waals surface area contributed by atoms with Crippen LogP contribution in [0.4, 0.5) is 0 Å². The molecule has 0 aliphatic heterocycles. The summed E-state index contributed by atoms with van der Waals surface area (Å²) < 4.78 is 0. The Labute approximate surface area is 96.8 Å². The Bertz CT molecular complexity index is 231. The smallest absolute Gasteiger partial charge is 0.0213 e. The molecule has 1 saturated carbocycles. The molecule has 15 heavy (non-hydrogen) atoms. The molecule has 0 aromatic carbocycles. The van der Waals surface area contributed by atoms with Crippen molar-refractivity contribution in [2.24, 2.45) is 34.0 Å². The van der Waals surface area contributed by atoms with Gasteiger partial charge in [-0.15, -0.1) is 0 Å². The van der Waals surface area contributed by atoms with Gasteiger partial charge in [0.15, 0.2) is 0 Å². The van der Waals surface area contributed by atoms with Crippen LogP contribution in [0.25, 0.3) is 0 Å². The van der Waals surface area contributed by atoms with Crippen LogP contribution in [0.3, 0.4) is 0 Å². The molecular formula is C15H30. The molecule has 2 atom stereocenters. The summed E-state index contributed by atoms with van der Waals surface area (Å²) >= 11 is 0. The highest BCUT2D eigenvalue weighted by molar-refractivity contribution is 5.10. The Balaban J connectivity index is 3.07. The van der Waals surface area contributed by atoms with E-state index in [2.05, 4.69) is 62.3 Å². The zero-order valence-corrected chi connectivity index (χ0v) is 12.2. The summed E-state index contributed by atoms with van der Waals surface area (Å²) in [6.45, 7) is 21.9. The van der Waals surface area contributed by atoms with Crippen LogP contribution in [0.2, 0.25) is 0 Å². The normalized spacial score (nSPS) is 42.6. The molecule has 1 rings (SSSR count). The first-order chi connectivity index (χ1) is 6.48. The fourth-order valence-corrected chi connectivity index (χ4v) is 3.77. The van der Waals surface area contributed by atoms with E-state index in [0.29, 0.717) is 16.2 Å². The first-order valence-electron chi connectivity index (χ1n) is 6.48. The monoisotopic (exact) mass is 210 g/mol. The van der Waals surface area contributed by atoms with Crippen molar-refractivity contribution in [2.45, 2.75) is 62.3 Å². The SMILES string of the molecule is CC1C(C)C(C)(C(C)(C)C(C)(C)C)C1C. The van der Waals surface area contributed by atoms with Gasteiger partial charge in [-0.25, -0.2) is 0 Å². The van der Waals surface area contributed by atoms with Crippen LogP contribution in [0.1, 0.15) is 62.3 Å². The number of hydrogen-bond donors (Lipinski definition) is 0. The molecule has 0 amide bonds. The fourth-order valence-electron chi connectivity index (χ4n) is 3.77. The Kier molecular flexibility index (Phi) is 2.83. The predicted octanol–water partition coefficient (Wildman–Crippen LogP) is 4.99. The van der Waals surface area contributed by atoms with E-state index in [1.54, 1.807) is 0 Å². The van der Waals surface area contributed by atoms with Gasteiger partial charge in [0.05, 0.1) is 0 Å². The van der Waals surface area contributed by atoms with Crippen molar-refractivity contribution >= 4 is 0 Å². The lowest BCUT2D eigenvalue weighted by Crippen LogP contribution is -2.62. The molecule has 0 aromatic rings.